The van der Waals surface area contributed by atoms with E-state index in [4.69, 9.17) is 9.57 Å². The lowest BCUT2D eigenvalue weighted by atomic mass is 9.99. The summed E-state index contributed by atoms with van der Waals surface area (Å²) in [5.41, 5.74) is 2.31. The Morgan fingerprint density at radius 3 is 2.55 bits per heavy atom. The van der Waals surface area contributed by atoms with Crippen LogP contribution in [0.15, 0.2) is 61.3 Å². The highest BCUT2D eigenvalue weighted by Crippen LogP contribution is 2.19. The molecule has 2 aliphatic heterocycles. The Bertz CT molecular complexity index is 1190. The third-order valence-electron chi connectivity index (χ3n) is 7.00. The second-order valence-corrected chi connectivity index (χ2v) is 10.1. The third kappa shape index (κ3) is 6.89. The van der Waals surface area contributed by atoms with Gasteiger partial charge >= 0.3 is 6.09 Å². The molecule has 3 aromatic rings. The van der Waals surface area contributed by atoms with Gasteiger partial charge in [0.25, 0.3) is 5.91 Å². The Labute approximate surface area is 222 Å². The van der Waals surface area contributed by atoms with Crippen LogP contribution in [0.4, 0.5) is 10.5 Å². The topological polar surface area (TPSA) is 102 Å². The molecule has 0 saturated carbocycles. The van der Waals surface area contributed by atoms with Crippen LogP contribution in [0, 0.1) is 5.92 Å². The van der Waals surface area contributed by atoms with Gasteiger partial charge in [0.2, 0.25) is 5.88 Å². The van der Waals surface area contributed by atoms with E-state index in [9.17, 15) is 9.59 Å². The van der Waals surface area contributed by atoms with Crippen molar-refractivity contribution in [2.24, 2.45) is 5.92 Å². The molecule has 1 unspecified atom stereocenters. The molecule has 2 saturated heterocycles. The number of ether oxygens (including phenoxy) is 1. The number of anilines is 1. The van der Waals surface area contributed by atoms with Gasteiger partial charge in [-0.25, -0.2) is 14.8 Å². The van der Waals surface area contributed by atoms with Crippen LogP contribution in [0.25, 0.3) is 0 Å². The lowest BCUT2D eigenvalue weighted by molar-refractivity contribution is -0.000122. The normalized spacial score (nSPS) is 18.7. The van der Waals surface area contributed by atoms with Crippen molar-refractivity contribution in [2.75, 3.05) is 31.5 Å². The zero-order valence-corrected chi connectivity index (χ0v) is 21.7. The molecule has 0 aliphatic carbocycles. The minimum absolute atomic E-state index is 0.0176. The molecule has 2 aliphatic rings. The number of rotatable bonds is 7. The standard InChI is InChI=1S/C28H34N6O4/c1-21-3-2-13-32(18-21)19-22-4-6-23(7-5-22)27(35)31-24-8-9-26(30-17-24)37-28(36)33-14-10-25(11-15-33)38-34-16-12-29-20-34/h4-9,12,16-17,20-21,25H,2-3,10-11,13-15,18-19H2,1H3,(H,31,35). The first kappa shape index (κ1) is 25.7. The van der Waals surface area contributed by atoms with Crippen molar-refractivity contribution in [1.82, 2.24) is 24.5 Å². The Morgan fingerprint density at radius 2 is 1.87 bits per heavy atom. The fourth-order valence-corrected chi connectivity index (χ4v) is 4.95. The van der Waals surface area contributed by atoms with E-state index >= 15 is 0 Å². The van der Waals surface area contributed by atoms with Crippen molar-refractivity contribution < 1.29 is 19.2 Å². The van der Waals surface area contributed by atoms with Crippen LogP contribution in [-0.2, 0) is 6.54 Å². The number of benzene rings is 1. The molecule has 200 valence electrons. The minimum Gasteiger partial charge on any atom is -0.410 e. The second-order valence-electron chi connectivity index (χ2n) is 10.1. The number of carbonyl (C=O) groups excluding carboxylic acids is 2. The van der Waals surface area contributed by atoms with Crippen molar-refractivity contribution in [2.45, 2.75) is 45.3 Å². The lowest BCUT2D eigenvalue weighted by Gasteiger charge is -2.30. The second kappa shape index (κ2) is 12.1. The van der Waals surface area contributed by atoms with Crippen molar-refractivity contribution in [3.05, 3.63) is 72.4 Å². The molecule has 2 amide bonds. The summed E-state index contributed by atoms with van der Waals surface area (Å²) in [7, 11) is 0. The molecule has 1 atom stereocenters. The van der Waals surface area contributed by atoms with Crippen LogP contribution >= 0.6 is 0 Å². The molecule has 10 heteroatoms. The molecule has 10 nitrogen and oxygen atoms in total. The van der Waals surface area contributed by atoms with Crippen LogP contribution < -0.4 is 14.9 Å². The van der Waals surface area contributed by atoms with E-state index in [2.05, 4.69) is 27.1 Å². The number of likely N-dealkylation sites (tertiary alicyclic amines) is 2. The number of aromatic nitrogens is 3. The molecular formula is C28H34N6O4. The lowest BCUT2D eigenvalue weighted by Crippen LogP contribution is -2.44. The van der Waals surface area contributed by atoms with E-state index in [-0.39, 0.29) is 17.9 Å². The number of imidazole rings is 1. The highest BCUT2D eigenvalue weighted by molar-refractivity contribution is 6.04. The molecular weight excluding hydrogens is 484 g/mol. The van der Waals surface area contributed by atoms with Crippen LogP contribution in [0.3, 0.4) is 0 Å². The fourth-order valence-electron chi connectivity index (χ4n) is 4.95. The zero-order valence-electron chi connectivity index (χ0n) is 21.7. The summed E-state index contributed by atoms with van der Waals surface area (Å²) in [4.78, 5) is 43.3. The summed E-state index contributed by atoms with van der Waals surface area (Å²) in [5.74, 6) is 0.709. The summed E-state index contributed by atoms with van der Waals surface area (Å²) >= 11 is 0. The Morgan fingerprint density at radius 1 is 1.05 bits per heavy atom. The van der Waals surface area contributed by atoms with Gasteiger partial charge in [-0.15, -0.1) is 0 Å². The summed E-state index contributed by atoms with van der Waals surface area (Å²) in [6, 6.07) is 11.0. The highest BCUT2D eigenvalue weighted by atomic mass is 16.7. The van der Waals surface area contributed by atoms with Crippen molar-refractivity contribution in [3.8, 4) is 5.88 Å². The quantitative estimate of drug-likeness (QED) is 0.507. The SMILES string of the molecule is CC1CCCN(Cc2ccc(C(=O)Nc3ccc(OC(=O)N4CCC(On5ccnc5)CC4)nc3)cc2)C1. The van der Waals surface area contributed by atoms with Crippen LogP contribution in [0.1, 0.15) is 48.5 Å². The first-order valence-electron chi connectivity index (χ1n) is 13.2. The van der Waals surface area contributed by atoms with Crippen LogP contribution in [0.5, 0.6) is 5.88 Å². The Balaban J connectivity index is 1.07. The summed E-state index contributed by atoms with van der Waals surface area (Å²) in [6.07, 6.45) is 10.00. The number of amides is 2. The average molecular weight is 519 g/mol. The molecule has 2 fully saturated rings. The van der Waals surface area contributed by atoms with Crippen LogP contribution in [-0.4, -0.2) is 68.8 Å². The summed E-state index contributed by atoms with van der Waals surface area (Å²) < 4.78 is 7.00. The molecule has 1 aromatic carbocycles. The van der Waals surface area contributed by atoms with Gasteiger partial charge in [-0.1, -0.05) is 19.1 Å². The predicted molar refractivity (Wildman–Crippen MR) is 142 cm³/mol. The fraction of sp³-hybridized carbons (Fsp3) is 0.429. The first-order valence-corrected chi connectivity index (χ1v) is 13.2. The van der Waals surface area contributed by atoms with Gasteiger partial charge < -0.3 is 19.8 Å². The molecule has 0 radical (unpaired) electrons. The number of pyridine rings is 1. The van der Waals surface area contributed by atoms with Crippen molar-refractivity contribution in [3.63, 3.8) is 0 Å². The van der Waals surface area contributed by atoms with Gasteiger partial charge in [-0.05, 0) is 49.1 Å². The van der Waals surface area contributed by atoms with E-state index in [0.29, 0.717) is 37.2 Å². The van der Waals surface area contributed by atoms with Gasteiger partial charge in [0.1, 0.15) is 12.4 Å². The van der Waals surface area contributed by atoms with Gasteiger partial charge in [-0.3, -0.25) is 9.69 Å². The molecule has 2 aromatic heterocycles. The van der Waals surface area contributed by atoms with E-state index in [0.717, 1.165) is 25.6 Å². The summed E-state index contributed by atoms with van der Waals surface area (Å²) in [6.45, 7) is 6.53. The first-order chi connectivity index (χ1) is 18.5. The number of nitrogens with one attached hydrogen (secondary N) is 1. The largest absolute Gasteiger partial charge is 0.416 e. The van der Waals surface area contributed by atoms with Crippen molar-refractivity contribution >= 4 is 17.7 Å². The monoisotopic (exact) mass is 518 g/mol. The van der Waals surface area contributed by atoms with Crippen LogP contribution in [0.2, 0.25) is 0 Å². The Hall–Kier alpha value is -3.92. The number of carbonyl (C=O) groups is 2. The van der Waals surface area contributed by atoms with E-state index in [1.807, 2.05) is 24.3 Å². The van der Waals surface area contributed by atoms with Gasteiger partial charge in [0, 0.05) is 56.8 Å². The van der Waals surface area contributed by atoms with Crippen molar-refractivity contribution in [1.29, 1.82) is 0 Å². The molecule has 5 rings (SSSR count). The minimum atomic E-state index is -0.450. The summed E-state index contributed by atoms with van der Waals surface area (Å²) in [5, 5.41) is 2.85. The Kier molecular flexibility index (Phi) is 8.18. The number of nitrogens with zero attached hydrogens (tertiary/aromatic N) is 5. The molecule has 0 bridgehead atoms. The molecule has 1 N–H and O–H groups in total. The maximum Gasteiger partial charge on any atom is 0.416 e. The van der Waals surface area contributed by atoms with E-state index in [1.54, 1.807) is 40.5 Å². The molecule has 38 heavy (non-hydrogen) atoms. The maximum absolute atomic E-state index is 12.7. The maximum atomic E-state index is 12.7. The molecule has 0 spiro atoms. The van der Waals surface area contributed by atoms with E-state index < -0.39 is 6.09 Å². The van der Waals surface area contributed by atoms with Gasteiger partial charge in [0.15, 0.2) is 0 Å². The highest BCUT2D eigenvalue weighted by Gasteiger charge is 2.26. The predicted octanol–water partition coefficient (Wildman–Crippen LogP) is 3.85. The molecule has 4 heterocycles. The van der Waals surface area contributed by atoms with Gasteiger partial charge in [-0.2, -0.15) is 4.73 Å². The number of hydrogen-bond donors (Lipinski definition) is 1. The smallest absolute Gasteiger partial charge is 0.410 e. The van der Waals surface area contributed by atoms with E-state index in [1.165, 1.54) is 24.6 Å². The zero-order chi connectivity index (χ0) is 26.3. The number of piperidine rings is 2. The third-order valence-corrected chi connectivity index (χ3v) is 7.00. The average Bonchev–Trinajstić information content (AvgIpc) is 3.44. The number of hydrogen-bond acceptors (Lipinski definition) is 7. The van der Waals surface area contributed by atoms with Gasteiger partial charge in [0.05, 0.1) is 18.1 Å².